The second-order valence-corrected chi connectivity index (χ2v) is 4.85. The number of aromatic amines is 1. The molecule has 0 aliphatic heterocycles. The van der Waals surface area contributed by atoms with Gasteiger partial charge in [0.2, 0.25) is 0 Å². The van der Waals surface area contributed by atoms with Gasteiger partial charge in [-0.25, -0.2) is 4.79 Å². The lowest BCUT2D eigenvalue weighted by Crippen LogP contribution is -2.04. The van der Waals surface area contributed by atoms with Crippen molar-refractivity contribution < 1.29 is 9.53 Å². The highest BCUT2D eigenvalue weighted by Gasteiger charge is 2.10. The van der Waals surface area contributed by atoms with Crippen molar-refractivity contribution in [3.63, 3.8) is 0 Å². The molecule has 2 aromatic heterocycles. The summed E-state index contributed by atoms with van der Waals surface area (Å²) in [5.41, 5.74) is 4.65. The maximum atomic E-state index is 11.7. The molecule has 3 aromatic rings. The van der Waals surface area contributed by atoms with E-state index >= 15 is 0 Å². The third-order valence-corrected chi connectivity index (χ3v) is 3.45. The fourth-order valence-corrected chi connectivity index (χ4v) is 2.40. The molecule has 0 spiro atoms. The first-order chi connectivity index (χ1) is 10.2. The van der Waals surface area contributed by atoms with E-state index in [0.717, 1.165) is 27.7 Å². The number of fused-ring (bicyclic) bond motifs is 1. The second kappa shape index (κ2) is 5.40. The molecule has 0 unspecified atom stereocenters. The van der Waals surface area contributed by atoms with Crippen molar-refractivity contribution in [2.75, 3.05) is 6.61 Å². The first-order valence-electron chi connectivity index (χ1n) is 6.91. The first-order valence-corrected chi connectivity index (χ1v) is 6.91. The van der Waals surface area contributed by atoms with Gasteiger partial charge in [0.05, 0.1) is 23.4 Å². The van der Waals surface area contributed by atoms with Crippen LogP contribution >= 0.6 is 0 Å². The molecule has 1 aromatic carbocycles. The number of pyridine rings is 1. The number of hydrogen-bond acceptors (Lipinski definition) is 3. The van der Waals surface area contributed by atoms with Gasteiger partial charge in [-0.1, -0.05) is 12.1 Å². The third-order valence-electron chi connectivity index (χ3n) is 3.45. The molecule has 0 radical (unpaired) electrons. The standard InChI is InChI=1S/C17H16N2O2/c1-3-21-17(20)13-6-4-12(5-7-13)16-14-8-9-18-15(14)11(2)10-19-16/h4-10,18H,3H2,1-2H3. The monoisotopic (exact) mass is 280 g/mol. The Morgan fingerprint density at radius 2 is 2.00 bits per heavy atom. The van der Waals surface area contributed by atoms with Gasteiger partial charge in [-0.3, -0.25) is 4.98 Å². The van der Waals surface area contributed by atoms with E-state index in [2.05, 4.69) is 9.97 Å². The predicted molar refractivity (Wildman–Crippen MR) is 82.2 cm³/mol. The average molecular weight is 280 g/mol. The minimum atomic E-state index is -0.298. The van der Waals surface area contributed by atoms with Crippen molar-refractivity contribution in [1.29, 1.82) is 0 Å². The molecule has 0 saturated carbocycles. The van der Waals surface area contributed by atoms with Crippen LogP contribution in [0.2, 0.25) is 0 Å². The van der Waals surface area contributed by atoms with Gasteiger partial charge in [0.25, 0.3) is 0 Å². The van der Waals surface area contributed by atoms with Crippen molar-refractivity contribution >= 4 is 16.9 Å². The molecule has 4 nitrogen and oxygen atoms in total. The van der Waals surface area contributed by atoms with E-state index in [-0.39, 0.29) is 5.97 Å². The molecule has 21 heavy (non-hydrogen) atoms. The summed E-state index contributed by atoms with van der Waals surface area (Å²) in [4.78, 5) is 19.4. The Morgan fingerprint density at radius 3 is 2.71 bits per heavy atom. The number of ether oxygens (including phenoxy) is 1. The number of hydrogen-bond donors (Lipinski definition) is 1. The number of nitrogens with zero attached hydrogens (tertiary/aromatic N) is 1. The van der Waals surface area contributed by atoms with Crippen molar-refractivity contribution in [2.24, 2.45) is 0 Å². The number of carbonyl (C=O) groups excluding carboxylic acids is 1. The van der Waals surface area contributed by atoms with E-state index in [1.165, 1.54) is 0 Å². The van der Waals surface area contributed by atoms with Gasteiger partial charge in [0.15, 0.2) is 0 Å². The zero-order chi connectivity index (χ0) is 14.8. The van der Waals surface area contributed by atoms with E-state index in [1.807, 2.05) is 37.5 Å². The Hall–Kier alpha value is -2.62. The summed E-state index contributed by atoms with van der Waals surface area (Å²) in [5.74, 6) is -0.298. The summed E-state index contributed by atoms with van der Waals surface area (Å²) in [7, 11) is 0. The van der Waals surface area contributed by atoms with Gasteiger partial charge < -0.3 is 9.72 Å². The van der Waals surface area contributed by atoms with E-state index in [1.54, 1.807) is 19.1 Å². The number of esters is 1. The summed E-state index contributed by atoms with van der Waals surface area (Å²) in [6.07, 6.45) is 3.77. The second-order valence-electron chi connectivity index (χ2n) is 4.85. The number of rotatable bonds is 3. The Labute approximate surface area is 122 Å². The summed E-state index contributed by atoms with van der Waals surface area (Å²) >= 11 is 0. The molecule has 3 rings (SSSR count). The summed E-state index contributed by atoms with van der Waals surface area (Å²) in [6.45, 7) is 4.20. The van der Waals surface area contributed by atoms with E-state index < -0.39 is 0 Å². The summed E-state index contributed by atoms with van der Waals surface area (Å²) < 4.78 is 4.99. The van der Waals surface area contributed by atoms with Crippen LogP contribution in [-0.4, -0.2) is 22.5 Å². The van der Waals surface area contributed by atoms with Gasteiger partial charge in [-0.05, 0) is 37.6 Å². The smallest absolute Gasteiger partial charge is 0.338 e. The van der Waals surface area contributed by atoms with E-state index in [4.69, 9.17) is 4.74 Å². The lowest BCUT2D eigenvalue weighted by molar-refractivity contribution is 0.0526. The molecule has 0 fully saturated rings. The highest BCUT2D eigenvalue weighted by molar-refractivity contribution is 5.95. The van der Waals surface area contributed by atoms with Crippen molar-refractivity contribution in [3.8, 4) is 11.3 Å². The molecule has 0 saturated heterocycles. The Balaban J connectivity index is 2.02. The van der Waals surface area contributed by atoms with Crippen LogP contribution in [0.5, 0.6) is 0 Å². The highest BCUT2D eigenvalue weighted by Crippen LogP contribution is 2.27. The molecule has 4 heteroatoms. The highest BCUT2D eigenvalue weighted by atomic mass is 16.5. The van der Waals surface area contributed by atoms with Gasteiger partial charge in [-0.2, -0.15) is 0 Å². The third kappa shape index (κ3) is 2.40. The number of benzene rings is 1. The predicted octanol–water partition coefficient (Wildman–Crippen LogP) is 3.72. The Morgan fingerprint density at radius 1 is 1.24 bits per heavy atom. The van der Waals surface area contributed by atoms with Gasteiger partial charge in [0, 0.05) is 23.3 Å². The molecule has 0 atom stereocenters. The number of nitrogens with one attached hydrogen (secondary N) is 1. The number of aryl methyl sites for hydroxylation is 1. The van der Waals surface area contributed by atoms with Gasteiger partial charge in [0.1, 0.15) is 0 Å². The molecule has 0 aliphatic carbocycles. The fraction of sp³-hybridized carbons (Fsp3) is 0.176. The SMILES string of the molecule is CCOC(=O)c1ccc(-c2ncc(C)c3[nH]ccc23)cc1. The minimum absolute atomic E-state index is 0.298. The maximum absolute atomic E-state index is 11.7. The van der Waals surface area contributed by atoms with E-state index in [9.17, 15) is 4.79 Å². The molecule has 0 amide bonds. The Kier molecular flexibility index (Phi) is 3.44. The molecular formula is C17H16N2O2. The largest absolute Gasteiger partial charge is 0.462 e. The Bertz CT molecular complexity index is 788. The molecule has 0 bridgehead atoms. The zero-order valence-corrected chi connectivity index (χ0v) is 12.0. The van der Waals surface area contributed by atoms with Crippen LogP contribution < -0.4 is 0 Å². The molecule has 0 aliphatic rings. The van der Waals surface area contributed by atoms with Crippen molar-refractivity contribution in [1.82, 2.24) is 9.97 Å². The average Bonchev–Trinajstić information content (AvgIpc) is 2.99. The summed E-state index contributed by atoms with van der Waals surface area (Å²) in [6, 6.07) is 9.36. The van der Waals surface area contributed by atoms with Gasteiger partial charge in [-0.15, -0.1) is 0 Å². The van der Waals surface area contributed by atoms with Crippen LogP contribution in [0, 0.1) is 6.92 Å². The van der Waals surface area contributed by atoms with Crippen molar-refractivity contribution in [3.05, 3.63) is 53.9 Å². The van der Waals surface area contributed by atoms with Crippen LogP contribution in [-0.2, 0) is 4.74 Å². The fourth-order valence-electron chi connectivity index (χ4n) is 2.40. The quantitative estimate of drug-likeness (QED) is 0.744. The van der Waals surface area contributed by atoms with Crippen molar-refractivity contribution in [2.45, 2.75) is 13.8 Å². The minimum Gasteiger partial charge on any atom is -0.462 e. The normalized spacial score (nSPS) is 10.8. The lowest BCUT2D eigenvalue weighted by atomic mass is 10.0. The number of aromatic nitrogens is 2. The summed E-state index contributed by atoms with van der Waals surface area (Å²) in [5, 5.41) is 1.08. The number of H-pyrrole nitrogens is 1. The first kappa shape index (κ1) is 13.4. The van der Waals surface area contributed by atoms with Crippen LogP contribution in [0.15, 0.2) is 42.7 Å². The molecule has 106 valence electrons. The number of carbonyl (C=O) groups is 1. The lowest BCUT2D eigenvalue weighted by Gasteiger charge is -2.06. The van der Waals surface area contributed by atoms with Crippen LogP contribution in [0.3, 0.4) is 0 Å². The zero-order valence-electron chi connectivity index (χ0n) is 12.0. The van der Waals surface area contributed by atoms with Gasteiger partial charge >= 0.3 is 5.97 Å². The molecule has 2 heterocycles. The molecular weight excluding hydrogens is 264 g/mol. The van der Waals surface area contributed by atoms with Crippen LogP contribution in [0.1, 0.15) is 22.8 Å². The topological polar surface area (TPSA) is 55.0 Å². The molecule has 1 N–H and O–H groups in total. The van der Waals surface area contributed by atoms with E-state index in [0.29, 0.717) is 12.2 Å². The van der Waals surface area contributed by atoms with Crippen LogP contribution in [0.4, 0.5) is 0 Å². The van der Waals surface area contributed by atoms with Crippen LogP contribution in [0.25, 0.3) is 22.2 Å². The maximum Gasteiger partial charge on any atom is 0.338 e.